The Hall–Kier alpha value is -2.27. The first-order valence-electron chi connectivity index (χ1n) is 7.03. The molecule has 0 N–H and O–H groups in total. The largest absolute Gasteiger partial charge is 0.493 e. The molecule has 0 bridgehead atoms. The first kappa shape index (κ1) is 14.7. The van der Waals surface area contributed by atoms with Crippen molar-refractivity contribution in [3.05, 3.63) is 60.2 Å². The van der Waals surface area contributed by atoms with Crippen molar-refractivity contribution in [2.24, 2.45) is 0 Å². The highest BCUT2D eigenvalue weighted by Gasteiger charge is 2.10. The van der Waals surface area contributed by atoms with Crippen molar-refractivity contribution < 1.29 is 9.15 Å². The maximum absolute atomic E-state index is 5.69. The number of para-hydroxylation sites is 1. The minimum absolute atomic E-state index is 0.560. The molecule has 0 saturated carbocycles. The fourth-order valence-electron chi connectivity index (χ4n) is 2.00. The van der Waals surface area contributed by atoms with E-state index in [1.54, 1.807) is 0 Å². The third kappa shape index (κ3) is 3.68. The van der Waals surface area contributed by atoms with Crippen LogP contribution in [0.2, 0.25) is 0 Å². The highest BCUT2D eigenvalue weighted by Crippen LogP contribution is 2.25. The predicted molar refractivity (Wildman–Crippen MR) is 87.1 cm³/mol. The molecule has 112 valence electrons. The topological polar surface area (TPSA) is 48.2 Å². The van der Waals surface area contributed by atoms with Gasteiger partial charge in [0.2, 0.25) is 5.89 Å². The van der Waals surface area contributed by atoms with E-state index in [0.29, 0.717) is 17.7 Å². The molecule has 0 saturated heterocycles. The molecular formula is C17H16N2O2S. The van der Waals surface area contributed by atoms with Crippen molar-refractivity contribution in [1.29, 1.82) is 0 Å². The molecule has 3 aromatic rings. The molecule has 0 unspecified atom stereocenters. The normalized spacial score (nSPS) is 10.6. The van der Waals surface area contributed by atoms with Gasteiger partial charge in [0, 0.05) is 11.3 Å². The van der Waals surface area contributed by atoms with Gasteiger partial charge in [-0.15, -0.1) is 10.2 Å². The summed E-state index contributed by atoms with van der Waals surface area (Å²) in [5, 5.41) is 8.74. The van der Waals surface area contributed by atoms with Crippen LogP contribution in [0.3, 0.4) is 0 Å². The average molecular weight is 312 g/mol. The van der Waals surface area contributed by atoms with Gasteiger partial charge in [-0.3, -0.25) is 0 Å². The summed E-state index contributed by atoms with van der Waals surface area (Å²) in [7, 11) is 0. The van der Waals surface area contributed by atoms with Gasteiger partial charge in [0.25, 0.3) is 5.22 Å². The predicted octanol–water partition coefficient (Wildman–Crippen LogP) is 4.22. The van der Waals surface area contributed by atoms with Gasteiger partial charge in [-0.2, -0.15) is 0 Å². The van der Waals surface area contributed by atoms with E-state index >= 15 is 0 Å². The standard InChI is InChI=1S/C17H16N2O2S/c1-13-7-5-6-10-15(13)16-18-19-17(21-16)22-12-11-20-14-8-3-2-4-9-14/h2-10H,11-12H2,1H3. The highest BCUT2D eigenvalue weighted by molar-refractivity contribution is 7.99. The second-order valence-corrected chi connectivity index (χ2v) is 5.74. The average Bonchev–Trinajstić information content (AvgIpc) is 3.02. The second kappa shape index (κ2) is 7.13. The molecular weight excluding hydrogens is 296 g/mol. The number of hydrogen-bond donors (Lipinski definition) is 0. The van der Waals surface area contributed by atoms with Gasteiger partial charge in [0.15, 0.2) is 0 Å². The van der Waals surface area contributed by atoms with E-state index in [1.165, 1.54) is 11.8 Å². The van der Waals surface area contributed by atoms with E-state index in [-0.39, 0.29) is 0 Å². The molecule has 0 fully saturated rings. The van der Waals surface area contributed by atoms with E-state index in [4.69, 9.17) is 9.15 Å². The first-order valence-corrected chi connectivity index (χ1v) is 8.01. The van der Waals surface area contributed by atoms with Crippen LogP contribution in [-0.2, 0) is 0 Å². The van der Waals surface area contributed by atoms with E-state index in [1.807, 2.05) is 61.5 Å². The summed E-state index contributed by atoms with van der Waals surface area (Å²) in [6.45, 7) is 2.62. The molecule has 5 heteroatoms. The second-order valence-electron chi connectivity index (χ2n) is 4.70. The number of nitrogens with zero attached hydrogens (tertiary/aromatic N) is 2. The van der Waals surface area contributed by atoms with Crippen molar-refractivity contribution in [2.75, 3.05) is 12.4 Å². The Morgan fingerprint density at radius 2 is 1.77 bits per heavy atom. The lowest BCUT2D eigenvalue weighted by molar-refractivity contribution is 0.343. The summed E-state index contributed by atoms with van der Waals surface area (Å²) in [6.07, 6.45) is 0. The lowest BCUT2D eigenvalue weighted by Gasteiger charge is -2.03. The minimum atomic E-state index is 0.560. The zero-order chi connectivity index (χ0) is 15.2. The number of rotatable bonds is 6. The van der Waals surface area contributed by atoms with E-state index in [0.717, 1.165) is 22.6 Å². The zero-order valence-corrected chi connectivity index (χ0v) is 13.0. The lowest BCUT2D eigenvalue weighted by atomic mass is 10.1. The van der Waals surface area contributed by atoms with Crippen molar-refractivity contribution in [2.45, 2.75) is 12.1 Å². The van der Waals surface area contributed by atoms with Crippen molar-refractivity contribution in [1.82, 2.24) is 10.2 Å². The lowest BCUT2D eigenvalue weighted by Crippen LogP contribution is -1.99. The van der Waals surface area contributed by atoms with Crippen LogP contribution in [0.1, 0.15) is 5.56 Å². The molecule has 0 atom stereocenters. The molecule has 22 heavy (non-hydrogen) atoms. The number of benzene rings is 2. The summed E-state index contributed by atoms with van der Waals surface area (Å²) in [5.41, 5.74) is 2.09. The van der Waals surface area contributed by atoms with Crippen molar-refractivity contribution >= 4 is 11.8 Å². The summed E-state index contributed by atoms with van der Waals surface area (Å²) in [5.74, 6) is 2.18. The maximum Gasteiger partial charge on any atom is 0.276 e. The van der Waals surface area contributed by atoms with Crippen LogP contribution in [0.5, 0.6) is 5.75 Å². The fraction of sp³-hybridized carbons (Fsp3) is 0.176. The number of hydrogen-bond acceptors (Lipinski definition) is 5. The molecule has 1 heterocycles. The Labute approximate surface area is 133 Å². The quantitative estimate of drug-likeness (QED) is 0.504. The van der Waals surface area contributed by atoms with Crippen LogP contribution in [0.25, 0.3) is 11.5 Å². The highest BCUT2D eigenvalue weighted by atomic mass is 32.2. The molecule has 3 rings (SSSR count). The Bertz CT molecular complexity index is 728. The fourth-order valence-corrected chi connectivity index (χ4v) is 2.57. The number of ether oxygens (including phenoxy) is 1. The summed E-state index contributed by atoms with van der Waals surface area (Å²) < 4.78 is 11.3. The molecule has 0 aliphatic heterocycles. The third-order valence-electron chi connectivity index (χ3n) is 3.10. The molecule has 0 radical (unpaired) electrons. The summed E-state index contributed by atoms with van der Waals surface area (Å²) in [6, 6.07) is 17.7. The Balaban J connectivity index is 1.53. The van der Waals surface area contributed by atoms with Crippen LogP contribution in [0, 0.1) is 6.92 Å². The Morgan fingerprint density at radius 3 is 2.59 bits per heavy atom. The van der Waals surface area contributed by atoms with Crippen LogP contribution >= 0.6 is 11.8 Å². The van der Waals surface area contributed by atoms with Crippen LogP contribution in [-0.4, -0.2) is 22.6 Å². The van der Waals surface area contributed by atoms with Crippen molar-refractivity contribution in [3.8, 4) is 17.2 Å². The van der Waals surface area contributed by atoms with E-state index in [2.05, 4.69) is 10.2 Å². The smallest absolute Gasteiger partial charge is 0.276 e. The first-order chi connectivity index (χ1) is 10.8. The van der Waals surface area contributed by atoms with Gasteiger partial charge in [-0.05, 0) is 30.7 Å². The molecule has 2 aromatic carbocycles. The van der Waals surface area contributed by atoms with Gasteiger partial charge in [-0.1, -0.05) is 48.2 Å². The van der Waals surface area contributed by atoms with Crippen LogP contribution < -0.4 is 4.74 Å². The minimum Gasteiger partial charge on any atom is -0.493 e. The molecule has 0 amide bonds. The SMILES string of the molecule is Cc1ccccc1-c1nnc(SCCOc2ccccc2)o1. The van der Waals surface area contributed by atoms with Crippen LogP contribution in [0.15, 0.2) is 64.2 Å². The van der Waals surface area contributed by atoms with Gasteiger partial charge in [0.1, 0.15) is 5.75 Å². The summed E-state index contributed by atoms with van der Waals surface area (Å²) in [4.78, 5) is 0. The molecule has 4 nitrogen and oxygen atoms in total. The monoisotopic (exact) mass is 312 g/mol. The molecule has 0 spiro atoms. The third-order valence-corrected chi connectivity index (χ3v) is 3.89. The molecule has 0 aliphatic rings. The maximum atomic E-state index is 5.69. The zero-order valence-electron chi connectivity index (χ0n) is 12.2. The van der Waals surface area contributed by atoms with Gasteiger partial charge in [-0.25, -0.2) is 0 Å². The van der Waals surface area contributed by atoms with Crippen LogP contribution in [0.4, 0.5) is 0 Å². The van der Waals surface area contributed by atoms with Gasteiger partial charge >= 0.3 is 0 Å². The molecule has 0 aliphatic carbocycles. The number of aromatic nitrogens is 2. The number of thioether (sulfide) groups is 1. The van der Waals surface area contributed by atoms with E-state index < -0.39 is 0 Å². The van der Waals surface area contributed by atoms with E-state index in [9.17, 15) is 0 Å². The summed E-state index contributed by atoms with van der Waals surface area (Å²) >= 11 is 1.50. The Morgan fingerprint density at radius 1 is 1.00 bits per heavy atom. The van der Waals surface area contributed by atoms with Crippen molar-refractivity contribution in [3.63, 3.8) is 0 Å². The Kier molecular flexibility index (Phi) is 4.75. The van der Waals surface area contributed by atoms with Gasteiger partial charge in [0.05, 0.1) is 6.61 Å². The number of aryl methyl sites for hydroxylation is 1. The molecule has 1 aromatic heterocycles. The van der Waals surface area contributed by atoms with Gasteiger partial charge < -0.3 is 9.15 Å².